The molecule has 0 fully saturated rings. The highest BCUT2D eigenvalue weighted by atomic mass is 35.5. The van der Waals surface area contributed by atoms with Gasteiger partial charge >= 0.3 is 41.1 Å². The topological polar surface area (TPSA) is 283 Å². The molecule has 0 saturated carbocycles. The molecule has 19 nitrogen and oxygen atoms in total. The molecule has 20 heteroatoms. The normalized spacial score (nSPS) is 9.81. The molecule has 0 amide bonds. The largest absolute Gasteiger partial charge is 0.508 e. The fraction of sp³-hybridized carbons (Fsp3) is 0.281. The van der Waals surface area contributed by atoms with Crippen molar-refractivity contribution >= 4 is 69.4 Å². The summed E-state index contributed by atoms with van der Waals surface area (Å²) in [5, 5.41) is 25.6. The van der Waals surface area contributed by atoms with Gasteiger partial charge in [-0.15, -0.1) is 0 Å². The molecular formula is C32H31ClO19. The molecule has 0 bridgehead atoms. The molecule has 0 aliphatic carbocycles. The number of ether oxygens (including phenoxy) is 6. The lowest BCUT2D eigenvalue weighted by atomic mass is 10.1. The Morgan fingerprint density at radius 3 is 1.58 bits per heavy atom. The molecule has 0 unspecified atom stereocenters. The summed E-state index contributed by atoms with van der Waals surface area (Å²) in [6, 6.07) is 4.69. The number of ketones is 1. The van der Waals surface area contributed by atoms with Crippen molar-refractivity contribution in [3.8, 4) is 28.7 Å². The standard InChI is InChI=1S/C20H18O12.C8H8O4.C4H5ClO3/c1-4-27-16(22)14-9-11(21)15-12(31-14)7-10(30-19(25)17(23)28-5-2)8-13(15)32-20(26)18(24)29-6-3;1-4(9)8-6(11)2-5(10)3-7(8)12;1-2-8-4(7)3(5)6/h7-9H,4-6H2,1-3H3;2-3,10-12H,1H3;2H2,1H3. The van der Waals surface area contributed by atoms with Crippen LogP contribution in [-0.2, 0) is 47.7 Å². The van der Waals surface area contributed by atoms with E-state index < -0.39 is 81.0 Å². The second-order valence-electron chi connectivity index (χ2n) is 9.12. The molecule has 52 heavy (non-hydrogen) atoms. The Hall–Kier alpha value is -6.50. The van der Waals surface area contributed by atoms with Gasteiger partial charge in [0.1, 0.15) is 45.3 Å². The van der Waals surface area contributed by atoms with E-state index >= 15 is 0 Å². The number of fused-ring (bicyclic) bond motifs is 1. The Morgan fingerprint density at radius 2 is 1.13 bits per heavy atom. The Kier molecular flexibility index (Phi) is 17.5. The molecule has 3 aromatic rings. The van der Waals surface area contributed by atoms with Crippen molar-refractivity contribution in [3.05, 3.63) is 51.9 Å². The highest BCUT2D eigenvalue weighted by Gasteiger charge is 2.25. The van der Waals surface area contributed by atoms with Crippen LogP contribution in [-0.4, -0.2) is 88.6 Å². The summed E-state index contributed by atoms with van der Waals surface area (Å²) in [5.74, 6) is -10.5. The summed E-state index contributed by atoms with van der Waals surface area (Å²) >= 11 is 4.69. The van der Waals surface area contributed by atoms with Crippen LogP contribution in [0.5, 0.6) is 28.7 Å². The molecule has 0 saturated heterocycles. The Balaban J connectivity index is 0.000000548. The third-order valence-corrected chi connectivity index (χ3v) is 5.57. The van der Waals surface area contributed by atoms with Crippen LogP contribution < -0.4 is 14.9 Å². The number of benzene rings is 2. The predicted octanol–water partition coefficient (Wildman–Crippen LogP) is 2.23. The maximum Gasteiger partial charge on any atom is 0.422 e. The molecule has 0 spiro atoms. The summed E-state index contributed by atoms with van der Waals surface area (Å²) in [6.45, 7) is 7.25. The van der Waals surface area contributed by atoms with E-state index in [0.717, 1.165) is 30.3 Å². The van der Waals surface area contributed by atoms with E-state index in [9.17, 15) is 43.2 Å². The number of halogens is 1. The van der Waals surface area contributed by atoms with Crippen LogP contribution in [0.25, 0.3) is 11.0 Å². The molecule has 0 aliphatic heterocycles. The maximum atomic E-state index is 12.6. The monoisotopic (exact) mass is 754 g/mol. The van der Waals surface area contributed by atoms with Crippen molar-refractivity contribution in [2.75, 3.05) is 26.4 Å². The Bertz CT molecular complexity index is 1890. The number of esters is 6. The van der Waals surface area contributed by atoms with Crippen LogP contribution in [0.3, 0.4) is 0 Å². The lowest BCUT2D eigenvalue weighted by Gasteiger charge is -2.10. The van der Waals surface area contributed by atoms with Gasteiger partial charge in [0, 0.05) is 30.3 Å². The quantitative estimate of drug-likeness (QED) is 0.0705. The summed E-state index contributed by atoms with van der Waals surface area (Å²) < 4.78 is 33.1. The van der Waals surface area contributed by atoms with Gasteiger partial charge in [0.2, 0.25) is 5.76 Å². The van der Waals surface area contributed by atoms with Gasteiger partial charge in [-0.2, -0.15) is 0 Å². The third kappa shape index (κ3) is 13.1. The van der Waals surface area contributed by atoms with E-state index in [1.807, 2.05) is 0 Å². The number of phenols is 3. The molecule has 2 aromatic carbocycles. The zero-order chi connectivity index (χ0) is 39.7. The van der Waals surface area contributed by atoms with Gasteiger partial charge in [-0.3, -0.25) is 14.4 Å². The SMILES string of the molecule is CC(=O)c1c(O)cc(O)cc1O.CCOC(=O)C(=O)Cl.CCOC(=O)C(=O)Oc1cc(OC(=O)C(=O)OCC)c2c(=O)cc(C(=O)OCC)oc2c1. The lowest BCUT2D eigenvalue weighted by molar-refractivity contribution is -0.162. The van der Waals surface area contributed by atoms with Crippen molar-refractivity contribution in [2.45, 2.75) is 34.6 Å². The average Bonchev–Trinajstić information content (AvgIpc) is 3.04. The molecular weight excluding hydrogens is 724 g/mol. The van der Waals surface area contributed by atoms with Crippen LogP contribution in [0.1, 0.15) is 55.5 Å². The van der Waals surface area contributed by atoms with E-state index in [0.29, 0.717) is 0 Å². The van der Waals surface area contributed by atoms with Crippen molar-refractivity contribution in [1.82, 2.24) is 0 Å². The fourth-order valence-corrected chi connectivity index (χ4v) is 3.54. The van der Waals surface area contributed by atoms with Crippen LogP contribution in [0.4, 0.5) is 0 Å². The molecule has 1 heterocycles. The van der Waals surface area contributed by atoms with Crippen LogP contribution in [0.2, 0.25) is 0 Å². The second kappa shape index (κ2) is 20.9. The summed E-state index contributed by atoms with van der Waals surface area (Å²) in [4.78, 5) is 102. The molecule has 0 atom stereocenters. The number of carbonyl (C=O) groups excluding carboxylic acids is 8. The molecule has 1 aromatic heterocycles. The zero-order valence-corrected chi connectivity index (χ0v) is 28.7. The van der Waals surface area contributed by atoms with Gasteiger partial charge in [-0.25, -0.2) is 28.8 Å². The van der Waals surface area contributed by atoms with Crippen molar-refractivity contribution in [1.29, 1.82) is 0 Å². The van der Waals surface area contributed by atoms with Crippen molar-refractivity contribution < 1.29 is 86.5 Å². The van der Waals surface area contributed by atoms with Crippen molar-refractivity contribution in [2.24, 2.45) is 0 Å². The highest BCUT2D eigenvalue weighted by Crippen LogP contribution is 2.32. The zero-order valence-electron chi connectivity index (χ0n) is 28.0. The fourth-order valence-electron chi connectivity index (χ4n) is 3.49. The molecule has 0 radical (unpaired) electrons. The first kappa shape index (κ1) is 43.5. The van der Waals surface area contributed by atoms with E-state index in [1.165, 1.54) is 27.7 Å². The first-order valence-electron chi connectivity index (χ1n) is 14.6. The van der Waals surface area contributed by atoms with E-state index in [-0.39, 0.29) is 48.7 Å². The molecule has 280 valence electrons. The third-order valence-electron chi connectivity index (χ3n) is 5.41. The molecule has 3 N–H and O–H groups in total. The minimum atomic E-state index is -1.48. The number of Topliss-reactive ketones (excluding diaryl/α,β-unsaturated/α-hetero) is 1. The predicted molar refractivity (Wildman–Crippen MR) is 172 cm³/mol. The summed E-state index contributed by atoms with van der Waals surface area (Å²) in [7, 11) is 0. The highest BCUT2D eigenvalue weighted by molar-refractivity contribution is 6.80. The van der Waals surface area contributed by atoms with Gasteiger partial charge in [-0.05, 0) is 46.2 Å². The number of aromatic hydroxyl groups is 3. The van der Waals surface area contributed by atoms with E-state index in [2.05, 4.69) is 14.2 Å². The minimum absolute atomic E-state index is 0.000175. The molecule has 0 aliphatic rings. The average molecular weight is 755 g/mol. The lowest BCUT2D eigenvalue weighted by Crippen LogP contribution is -2.24. The van der Waals surface area contributed by atoms with E-state index in [4.69, 9.17) is 45.5 Å². The first-order valence-corrected chi connectivity index (χ1v) is 15.0. The van der Waals surface area contributed by atoms with Gasteiger partial charge in [-0.1, -0.05) is 0 Å². The second-order valence-corrected chi connectivity index (χ2v) is 9.46. The van der Waals surface area contributed by atoms with Gasteiger partial charge in [0.25, 0.3) is 0 Å². The maximum absolute atomic E-state index is 12.6. The summed E-state index contributed by atoms with van der Waals surface area (Å²) in [5.41, 5.74) is -1.36. The summed E-state index contributed by atoms with van der Waals surface area (Å²) in [6.07, 6.45) is 0. The van der Waals surface area contributed by atoms with Crippen LogP contribution >= 0.6 is 11.6 Å². The van der Waals surface area contributed by atoms with Crippen LogP contribution in [0.15, 0.2) is 39.5 Å². The number of rotatable bonds is 9. The number of phenolic OH excluding ortho intramolecular Hbond substituents is 3. The van der Waals surface area contributed by atoms with E-state index in [1.54, 1.807) is 6.92 Å². The minimum Gasteiger partial charge on any atom is -0.508 e. The Labute approximate surface area is 297 Å². The van der Waals surface area contributed by atoms with Gasteiger partial charge < -0.3 is 48.2 Å². The number of carbonyl (C=O) groups is 8. The first-order chi connectivity index (χ1) is 24.4. The number of hydrogen-bond donors (Lipinski definition) is 3. The van der Waals surface area contributed by atoms with Crippen molar-refractivity contribution in [3.63, 3.8) is 0 Å². The van der Waals surface area contributed by atoms with Gasteiger partial charge in [0.15, 0.2) is 11.2 Å². The molecule has 3 rings (SSSR count). The number of hydrogen-bond acceptors (Lipinski definition) is 19. The Morgan fingerprint density at radius 1 is 0.654 bits per heavy atom. The van der Waals surface area contributed by atoms with Crippen LogP contribution in [0, 0.1) is 0 Å². The smallest absolute Gasteiger partial charge is 0.422 e. The van der Waals surface area contributed by atoms with Gasteiger partial charge in [0.05, 0.1) is 26.4 Å².